The molecule has 6 nitrogen and oxygen atoms in total. The van der Waals surface area contributed by atoms with Crippen molar-refractivity contribution in [3.05, 3.63) is 58.9 Å². The maximum atomic E-state index is 14.8. The molecule has 1 aliphatic heterocycles. The molecular weight excluding hydrogens is 378 g/mol. The SMILES string of the molecule is Cn1c(=O)n(C2CCOCC2)c2c3cc(-c4ccc(F)nc4)c(F)cc3ncc21. The first-order valence-electron chi connectivity index (χ1n) is 9.43. The highest BCUT2D eigenvalue weighted by Gasteiger charge is 2.24. The summed E-state index contributed by atoms with van der Waals surface area (Å²) in [4.78, 5) is 21.0. The molecule has 0 amide bonds. The molecule has 0 unspecified atom stereocenters. The number of aromatic nitrogens is 4. The maximum Gasteiger partial charge on any atom is 0.329 e. The van der Waals surface area contributed by atoms with Gasteiger partial charge in [0.25, 0.3) is 0 Å². The second-order valence-corrected chi connectivity index (χ2v) is 7.27. The second-order valence-electron chi connectivity index (χ2n) is 7.27. The molecule has 0 bridgehead atoms. The van der Waals surface area contributed by atoms with Crippen molar-refractivity contribution in [2.45, 2.75) is 18.9 Å². The average Bonchev–Trinajstić information content (AvgIpc) is 2.99. The fourth-order valence-electron chi connectivity index (χ4n) is 4.09. The zero-order chi connectivity index (χ0) is 20.1. The zero-order valence-corrected chi connectivity index (χ0v) is 15.7. The summed E-state index contributed by atoms with van der Waals surface area (Å²) in [6, 6.07) is 5.70. The van der Waals surface area contributed by atoms with Gasteiger partial charge in [-0.05, 0) is 31.0 Å². The molecule has 4 heterocycles. The van der Waals surface area contributed by atoms with Crippen LogP contribution in [-0.2, 0) is 11.8 Å². The normalized spacial score (nSPS) is 15.4. The highest BCUT2D eigenvalue weighted by Crippen LogP contribution is 2.33. The number of fused-ring (bicyclic) bond motifs is 3. The van der Waals surface area contributed by atoms with Crippen molar-refractivity contribution in [3.63, 3.8) is 0 Å². The van der Waals surface area contributed by atoms with Crippen molar-refractivity contribution in [1.82, 2.24) is 19.1 Å². The summed E-state index contributed by atoms with van der Waals surface area (Å²) in [6.07, 6.45) is 4.37. The molecule has 0 spiro atoms. The fraction of sp³-hybridized carbons (Fsp3) is 0.286. The summed E-state index contributed by atoms with van der Waals surface area (Å²) in [5, 5.41) is 0.674. The Kier molecular flexibility index (Phi) is 4.16. The number of pyridine rings is 2. The smallest absolute Gasteiger partial charge is 0.329 e. The van der Waals surface area contributed by atoms with E-state index in [4.69, 9.17) is 4.74 Å². The van der Waals surface area contributed by atoms with Gasteiger partial charge in [0.15, 0.2) is 0 Å². The number of aryl methyl sites for hydroxylation is 1. The van der Waals surface area contributed by atoms with E-state index in [1.165, 1.54) is 24.4 Å². The molecule has 1 aliphatic rings. The molecule has 8 heteroatoms. The van der Waals surface area contributed by atoms with Gasteiger partial charge in [0, 0.05) is 55.1 Å². The lowest BCUT2D eigenvalue weighted by atomic mass is 10.0. The molecule has 1 saturated heterocycles. The molecule has 1 fully saturated rings. The van der Waals surface area contributed by atoms with E-state index in [-0.39, 0.29) is 17.3 Å². The topological polar surface area (TPSA) is 61.9 Å². The van der Waals surface area contributed by atoms with Crippen LogP contribution in [-0.4, -0.2) is 32.3 Å². The van der Waals surface area contributed by atoms with Gasteiger partial charge < -0.3 is 4.74 Å². The average molecular weight is 396 g/mol. The Labute approximate surface area is 164 Å². The van der Waals surface area contributed by atoms with E-state index in [0.29, 0.717) is 35.2 Å². The Morgan fingerprint density at radius 1 is 1.10 bits per heavy atom. The first kappa shape index (κ1) is 17.9. The molecule has 1 aromatic carbocycles. The van der Waals surface area contributed by atoms with Crippen LogP contribution in [0.2, 0.25) is 0 Å². The first-order valence-corrected chi connectivity index (χ1v) is 9.43. The van der Waals surface area contributed by atoms with E-state index in [2.05, 4.69) is 9.97 Å². The van der Waals surface area contributed by atoms with Gasteiger partial charge in [-0.25, -0.2) is 14.2 Å². The van der Waals surface area contributed by atoms with Gasteiger partial charge in [-0.3, -0.25) is 14.1 Å². The predicted octanol–water partition coefficient (Wildman–Crippen LogP) is 3.58. The summed E-state index contributed by atoms with van der Waals surface area (Å²) in [5.74, 6) is -1.11. The molecule has 0 saturated carbocycles. The number of hydrogen-bond donors (Lipinski definition) is 0. The third-order valence-electron chi connectivity index (χ3n) is 5.60. The largest absolute Gasteiger partial charge is 0.381 e. The standard InChI is InChI=1S/C21H18F2N4O2/c1-26-18-11-24-17-9-16(22)14(12-2-3-19(23)25-10-12)8-15(17)20(18)27(21(26)28)13-4-6-29-7-5-13/h2-3,8-11,13H,4-7H2,1H3. The fourth-order valence-corrected chi connectivity index (χ4v) is 4.09. The Balaban J connectivity index is 1.83. The van der Waals surface area contributed by atoms with Crippen molar-refractivity contribution in [2.75, 3.05) is 13.2 Å². The van der Waals surface area contributed by atoms with Crippen molar-refractivity contribution < 1.29 is 13.5 Å². The van der Waals surface area contributed by atoms with E-state index in [0.717, 1.165) is 18.4 Å². The van der Waals surface area contributed by atoms with Crippen LogP contribution in [0.5, 0.6) is 0 Å². The summed E-state index contributed by atoms with van der Waals surface area (Å²) < 4.78 is 36.8. The zero-order valence-electron chi connectivity index (χ0n) is 15.7. The van der Waals surface area contributed by atoms with Gasteiger partial charge in [0.05, 0.1) is 22.7 Å². The van der Waals surface area contributed by atoms with Crippen LogP contribution >= 0.6 is 0 Å². The van der Waals surface area contributed by atoms with Crippen LogP contribution in [0.3, 0.4) is 0 Å². The minimum absolute atomic E-state index is 0.00606. The number of nitrogens with zero attached hydrogens (tertiary/aromatic N) is 4. The van der Waals surface area contributed by atoms with Crippen LogP contribution in [0.15, 0.2) is 41.5 Å². The lowest BCUT2D eigenvalue weighted by molar-refractivity contribution is 0.0697. The van der Waals surface area contributed by atoms with Gasteiger partial charge in [0.2, 0.25) is 5.95 Å². The van der Waals surface area contributed by atoms with Gasteiger partial charge >= 0.3 is 5.69 Å². The minimum Gasteiger partial charge on any atom is -0.381 e. The number of halogens is 2. The van der Waals surface area contributed by atoms with E-state index in [1.54, 1.807) is 28.4 Å². The molecule has 0 N–H and O–H groups in total. The molecule has 0 atom stereocenters. The second kappa shape index (κ2) is 6.73. The van der Waals surface area contributed by atoms with E-state index in [1.807, 2.05) is 0 Å². The van der Waals surface area contributed by atoms with Crippen LogP contribution in [0.1, 0.15) is 18.9 Å². The van der Waals surface area contributed by atoms with E-state index < -0.39 is 11.8 Å². The molecule has 29 heavy (non-hydrogen) atoms. The van der Waals surface area contributed by atoms with Crippen molar-refractivity contribution in [2.24, 2.45) is 7.05 Å². The Morgan fingerprint density at radius 3 is 2.62 bits per heavy atom. The van der Waals surface area contributed by atoms with Crippen LogP contribution in [0.25, 0.3) is 33.1 Å². The van der Waals surface area contributed by atoms with Crippen molar-refractivity contribution in [1.29, 1.82) is 0 Å². The minimum atomic E-state index is -0.629. The number of ether oxygens (including phenoxy) is 1. The summed E-state index contributed by atoms with van der Waals surface area (Å²) >= 11 is 0. The molecule has 4 aromatic rings. The quantitative estimate of drug-likeness (QED) is 0.486. The Hall–Kier alpha value is -3.13. The lowest BCUT2D eigenvalue weighted by Crippen LogP contribution is -2.29. The Bertz CT molecular complexity index is 1290. The third kappa shape index (κ3) is 2.82. The maximum absolute atomic E-state index is 14.8. The highest BCUT2D eigenvalue weighted by molar-refractivity contribution is 6.04. The molecular formula is C21H18F2N4O2. The predicted molar refractivity (Wildman–Crippen MR) is 105 cm³/mol. The Morgan fingerprint density at radius 2 is 1.90 bits per heavy atom. The van der Waals surface area contributed by atoms with Gasteiger partial charge in [-0.1, -0.05) is 0 Å². The number of imidazole rings is 1. The van der Waals surface area contributed by atoms with Gasteiger partial charge in [0.1, 0.15) is 5.82 Å². The molecule has 0 aliphatic carbocycles. The first-order chi connectivity index (χ1) is 14.0. The number of benzene rings is 1. The van der Waals surface area contributed by atoms with Crippen LogP contribution in [0.4, 0.5) is 8.78 Å². The molecule has 148 valence electrons. The third-order valence-corrected chi connectivity index (χ3v) is 5.60. The molecule has 0 radical (unpaired) electrons. The van der Waals surface area contributed by atoms with Gasteiger partial charge in [-0.2, -0.15) is 4.39 Å². The monoisotopic (exact) mass is 396 g/mol. The lowest BCUT2D eigenvalue weighted by Gasteiger charge is -2.23. The summed E-state index contributed by atoms with van der Waals surface area (Å²) in [7, 11) is 1.71. The summed E-state index contributed by atoms with van der Waals surface area (Å²) in [6.45, 7) is 1.19. The van der Waals surface area contributed by atoms with Crippen LogP contribution in [0, 0.1) is 11.8 Å². The molecule has 5 rings (SSSR count). The van der Waals surface area contributed by atoms with E-state index >= 15 is 0 Å². The number of rotatable bonds is 2. The van der Waals surface area contributed by atoms with E-state index in [9.17, 15) is 13.6 Å². The van der Waals surface area contributed by atoms with Crippen molar-refractivity contribution >= 4 is 21.9 Å². The highest BCUT2D eigenvalue weighted by atomic mass is 19.1. The number of hydrogen-bond acceptors (Lipinski definition) is 4. The van der Waals surface area contributed by atoms with Crippen LogP contribution < -0.4 is 5.69 Å². The van der Waals surface area contributed by atoms with Crippen molar-refractivity contribution in [3.8, 4) is 11.1 Å². The summed E-state index contributed by atoms with van der Waals surface area (Å²) in [5.41, 5.74) is 2.48. The molecule has 3 aromatic heterocycles. The van der Waals surface area contributed by atoms with Gasteiger partial charge in [-0.15, -0.1) is 0 Å².